The van der Waals surface area contributed by atoms with E-state index in [0.717, 1.165) is 6.26 Å². The van der Waals surface area contributed by atoms with Crippen molar-refractivity contribution in [2.45, 2.75) is 25.2 Å². The molecule has 1 aromatic heterocycles. The average molecular weight is 295 g/mol. The molecule has 1 heterocycles. The van der Waals surface area contributed by atoms with Gasteiger partial charge in [-0.1, -0.05) is 0 Å². The van der Waals surface area contributed by atoms with Crippen LogP contribution in [-0.4, -0.2) is 45.6 Å². The predicted molar refractivity (Wildman–Crippen MR) is 67.6 cm³/mol. The first-order valence-electron chi connectivity index (χ1n) is 5.32. The van der Waals surface area contributed by atoms with Crippen molar-refractivity contribution in [3.8, 4) is 0 Å². The molecule has 1 aromatic rings. The zero-order valence-corrected chi connectivity index (χ0v) is 12.2. The van der Waals surface area contributed by atoms with Gasteiger partial charge in [-0.2, -0.15) is 5.10 Å². The van der Waals surface area contributed by atoms with Crippen molar-refractivity contribution < 1.29 is 16.8 Å². The standard InChI is InChI=1S/C9H17N3O4S2/c1-7-9(8(2)12-11-7)18(15,16)10-5-4-6-17(3,13)14/h10H,4-6H2,1-3H3,(H,11,12). The Morgan fingerprint density at radius 3 is 2.28 bits per heavy atom. The molecule has 0 bridgehead atoms. The Balaban J connectivity index is 2.67. The summed E-state index contributed by atoms with van der Waals surface area (Å²) in [5.41, 5.74) is 0.853. The molecule has 7 nitrogen and oxygen atoms in total. The Bertz CT molecular complexity index is 597. The molecule has 0 aliphatic rings. The van der Waals surface area contributed by atoms with Gasteiger partial charge in [-0.25, -0.2) is 21.6 Å². The van der Waals surface area contributed by atoms with E-state index in [4.69, 9.17) is 0 Å². The highest BCUT2D eigenvalue weighted by Gasteiger charge is 2.21. The number of hydrogen-bond donors (Lipinski definition) is 2. The van der Waals surface area contributed by atoms with Gasteiger partial charge in [-0.05, 0) is 20.3 Å². The fourth-order valence-electron chi connectivity index (χ4n) is 1.55. The van der Waals surface area contributed by atoms with Crippen LogP contribution in [0.5, 0.6) is 0 Å². The second-order valence-corrected chi connectivity index (χ2v) is 8.11. The number of H-pyrrole nitrogens is 1. The van der Waals surface area contributed by atoms with E-state index in [-0.39, 0.29) is 23.6 Å². The molecule has 0 aromatic carbocycles. The Morgan fingerprint density at radius 1 is 1.22 bits per heavy atom. The van der Waals surface area contributed by atoms with Crippen molar-refractivity contribution in [2.24, 2.45) is 0 Å². The molecule has 0 spiro atoms. The minimum Gasteiger partial charge on any atom is -0.281 e. The van der Waals surface area contributed by atoms with Crippen LogP contribution in [0.25, 0.3) is 0 Å². The molecule has 0 aliphatic carbocycles. The van der Waals surface area contributed by atoms with Gasteiger partial charge >= 0.3 is 0 Å². The van der Waals surface area contributed by atoms with Gasteiger partial charge in [0.05, 0.1) is 17.1 Å². The molecular formula is C9H17N3O4S2. The lowest BCUT2D eigenvalue weighted by Crippen LogP contribution is -2.27. The van der Waals surface area contributed by atoms with Gasteiger partial charge in [0.1, 0.15) is 14.7 Å². The first kappa shape index (κ1) is 15.1. The highest BCUT2D eigenvalue weighted by atomic mass is 32.2. The minimum atomic E-state index is -3.63. The van der Waals surface area contributed by atoms with Gasteiger partial charge in [0.25, 0.3) is 0 Å². The monoisotopic (exact) mass is 295 g/mol. The third kappa shape index (κ3) is 4.07. The second kappa shape index (κ2) is 5.37. The summed E-state index contributed by atoms with van der Waals surface area (Å²) in [5, 5.41) is 6.40. The van der Waals surface area contributed by atoms with Gasteiger partial charge in [-0.3, -0.25) is 5.10 Å². The zero-order valence-electron chi connectivity index (χ0n) is 10.5. The Labute approximate surface area is 107 Å². The van der Waals surface area contributed by atoms with Gasteiger partial charge in [0.2, 0.25) is 10.0 Å². The van der Waals surface area contributed by atoms with Crippen molar-refractivity contribution in [1.82, 2.24) is 14.9 Å². The number of hydrogen-bond acceptors (Lipinski definition) is 5. The third-order valence-electron chi connectivity index (χ3n) is 2.31. The molecule has 104 valence electrons. The van der Waals surface area contributed by atoms with Crippen LogP contribution in [0.4, 0.5) is 0 Å². The van der Waals surface area contributed by atoms with Crippen molar-refractivity contribution in [3.05, 3.63) is 11.4 Å². The van der Waals surface area contributed by atoms with Crippen LogP contribution < -0.4 is 4.72 Å². The van der Waals surface area contributed by atoms with E-state index in [9.17, 15) is 16.8 Å². The first-order valence-corrected chi connectivity index (χ1v) is 8.87. The van der Waals surface area contributed by atoms with Crippen LogP contribution in [-0.2, 0) is 19.9 Å². The average Bonchev–Trinajstić information content (AvgIpc) is 2.52. The molecule has 0 unspecified atom stereocenters. The molecule has 0 saturated carbocycles. The lowest BCUT2D eigenvalue weighted by Gasteiger charge is -2.06. The number of aromatic amines is 1. The Morgan fingerprint density at radius 2 is 1.83 bits per heavy atom. The fourth-order valence-corrected chi connectivity index (χ4v) is 3.66. The summed E-state index contributed by atoms with van der Waals surface area (Å²) < 4.78 is 48.0. The molecule has 1 rings (SSSR count). The number of rotatable bonds is 6. The summed E-state index contributed by atoms with van der Waals surface area (Å²) >= 11 is 0. The van der Waals surface area contributed by atoms with Gasteiger partial charge in [-0.15, -0.1) is 0 Å². The molecule has 18 heavy (non-hydrogen) atoms. The van der Waals surface area contributed by atoms with Gasteiger partial charge < -0.3 is 0 Å². The quantitative estimate of drug-likeness (QED) is 0.703. The highest BCUT2D eigenvalue weighted by Crippen LogP contribution is 2.15. The van der Waals surface area contributed by atoms with E-state index in [0.29, 0.717) is 11.4 Å². The molecule has 0 atom stereocenters. The van der Waals surface area contributed by atoms with E-state index in [1.54, 1.807) is 13.8 Å². The number of nitrogens with one attached hydrogen (secondary N) is 2. The number of sulfone groups is 1. The molecule has 0 aliphatic heterocycles. The summed E-state index contributed by atoms with van der Waals surface area (Å²) in [6, 6.07) is 0. The number of aromatic nitrogens is 2. The maximum Gasteiger partial charge on any atom is 0.244 e. The van der Waals surface area contributed by atoms with Crippen LogP contribution in [0.3, 0.4) is 0 Å². The lowest BCUT2D eigenvalue weighted by atomic mass is 10.4. The van der Waals surface area contributed by atoms with E-state index in [1.807, 2.05) is 0 Å². The van der Waals surface area contributed by atoms with Crippen molar-refractivity contribution in [2.75, 3.05) is 18.6 Å². The summed E-state index contributed by atoms with van der Waals surface area (Å²) in [6.07, 6.45) is 1.36. The zero-order chi connectivity index (χ0) is 14.0. The fraction of sp³-hybridized carbons (Fsp3) is 0.667. The van der Waals surface area contributed by atoms with Crippen LogP contribution in [0.1, 0.15) is 17.8 Å². The summed E-state index contributed by atoms with van der Waals surface area (Å²) in [5.74, 6) is -0.0428. The topological polar surface area (TPSA) is 109 Å². The van der Waals surface area contributed by atoms with Crippen molar-refractivity contribution >= 4 is 19.9 Å². The molecular weight excluding hydrogens is 278 g/mol. The van der Waals surface area contributed by atoms with E-state index in [1.165, 1.54) is 0 Å². The minimum absolute atomic E-state index is 0.0428. The molecule has 9 heteroatoms. The van der Waals surface area contributed by atoms with Crippen molar-refractivity contribution in [1.29, 1.82) is 0 Å². The van der Waals surface area contributed by atoms with E-state index >= 15 is 0 Å². The normalized spacial score (nSPS) is 12.8. The SMILES string of the molecule is Cc1n[nH]c(C)c1S(=O)(=O)NCCCS(C)(=O)=O. The maximum atomic E-state index is 11.9. The van der Waals surface area contributed by atoms with Gasteiger partial charge in [0.15, 0.2) is 0 Å². The number of sulfonamides is 1. The summed E-state index contributed by atoms with van der Waals surface area (Å²) in [6.45, 7) is 3.29. The Hall–Kier alpha value is -0.930. The molecule has 2 N–H and O–H groups in total. The third-order valence-corrected chi connectivity index (χ3v) is 5.07. The van der Waals surface area contributed by atoms with Crippen molar-refractivity contribution in [3.63, 3.8) is 0 Å². The van der Waals surface area contributed by atoms with Gasteiger partial charge in [0, 0.05) is 12.8 Å². The highest BCUT2D eigenvalue weighted by molar-refractivity contribution is 7.90. The Kier molecular flexibility index (Phi) is 4.51. The maximum absolute atomic E-state index is 11.9. The summed E-state index contributed by atoms with van der Waals surface area (Å²) in [4.78, 5) is 0.127. The van der Waals surface area contributed by atoms with E-state index < -0.39 is 19.9 Å². The molecule has 0 radical (unpaired) electrons. The second-order valence-electron chi connectivity index (χ2n) is 4.14. The number of nitrogens with zero attached hydrogens (tertiary/aromatic N) is 1. The molecule has 0 fully saturated rings. The van der Waals surface area contributed by atoms with Crippen LogP contribution in [0.15, 0.2) is 4.90 Å². The first-order chi connectivity index (χ1) is 8.13. The smallest absolute Gasteiger partial charge is 0.244 e. The largest absolute Gasteiger partial charge is 0.281 e. The molecule has 0 amide bonds. The predicted octanol–water partition coefficient (Wildman–Crippen LogP) is -0.260. The van der Waals surface area contributed by atoms with Crippen LogP contribution in [0, 0.1) is 13.8 Å². The lowest BCUT2D eigenvalue weighted by molar-refractivity contribution is 0.576. The van der Waals surface area contributed by atoms with Crippen LogP contribution >= 0.6 is 0 Å². The van der Waals surface area contributed by atoms with E-state index in [2.05, 4.69) is 14.9 Å². The number of aryl methyl sites for hydroxylation is 2. The van der Waals surface area contributed by atoms with Crippen LogP contribution in [0.2, 0.25) is 0 Å². The molecule has 0 saturated heterocycles. The summed E-state index contributed by atoms with van der Waals surface area (Å²) in [7, 11) is -6.70.